The summed E-state index contributed by atoms with van der Waals surface area (Å²) < 4.78 is 40.8. The van der Waals surface area contributed by atoms with Gasteiger partial charge in [0, 0.05) is 32.7 Å². The Hall–Kier alpha value is -3.37. The molecular formula is C24H28N4O5S. The smallest absolute Gasteiger partial charge is 0.339 e. The van der Waals surface area contributed by atoms with Crippen LogP contribution in [0.2, 0.25) is 0 Å². The van der Waals surface area contributed by atoms with Crippen LogP contribution in [0.25, 0.3) is 0 Å². The van der Waals surface area contributed by atoms with E-state index in [1.807, 2.05) is 25.1 Å². The molecule has 1 saturated heterocycles. The molecule has 9 nitrogen and oxygen atoms in total. The average molecular weight is 485 g/mol. The second-order valence-electron chi connectivity index (χ2n) is 8.02. The molecule has 1 aliphatic rings. The number of nitrogens with zero attached hydrogens (tertiary/aromatic N) is 4. The molecule has 0 saturated carbocycles. The van der Waals surface area contributed by atoms with Crippen molar-refractivity contribution in [3.63, 3.8) is 0 Å². The molecule has 0 aliphatic carbocycles. The normalized spacial score (nSPS) is 14.6. The van der Waals surface area contributed by atoms with Crippen molar-refractivity contribution in [2.75, 3.05) is 45.3 Å². The molecule has 3 aromatic rings. The zero-order valence-electron chi connectivity index (χ0n) is 19.5. The van der Waals surface area contributed by atoms with E-state index in [2.05, 4.69) is 19.8 Å². The molecule has 0 spiro atoms. The SMILES string of the molecule is COc1ccc(CN2CCN(c3ncc(OS(=O)(=O)c4ccc(C)cc4)cn3)CC2)cc1OC. The molecule has 34 heavy (non-hydrogen) atoms. The van der Waals surface area contributed by atoms with Crippen LogP contribution >= 0.6 is 0 Å². The standard InChI is InChI=1S/C24H28N4O5S/c1-18-4-7-21(8-5-18)34(29,30)33-20-15-25-24(26-16-20)28-12-10-27(11-13-28)17-19-6-9-22(31-2)23(14-19)32-3/h4-9,14-16H,10-13,17H2,1-3H3. The molecule has 180 valence electrons. The van der Waals surface area contributed by atoms with Gasteiger partial charge in [-0.2, -0.15) is 8.42 Å². The summed E-state index contributed by atoms with van der Waals surface area (Å²) in [5.74, 6) is 2.06. The van der Waals surface area contributed by atoms with Crippen molar-refractivity contribution in [3.8, 4) is 17.2 Å². The number of aromatic nitrogens is 2. The van der Waals surface area contributed by atoms with E-state index in [1.54, 1.807) is 26.4 Å². The molecule has 10 heteroatoms. The van der Waals surface area contributed by atoms with Crippen LogP contribution in [0.4, 0.5) is 5.95 Å². The van der Waals surface area contributed by atoms with Gasteiger partial charge in [0.2, 0.25) is 5.95 Å². The van der Waals surface area contributed by atoms with E-state index in [9.17, 15) is 8.42 Å². The molecule has 0 bridgehead atoms. The highest BCUT2D eigenvalue weighted by Gasteiger charge is 2.21. The summed E-state index contributed by atoms with van der Waals surface area (Å²) in [6.45, 7) is 5.90. The Kier molecular flexibility index (Phi) is 7.18. The predicted molar refractivity (Wildman–Crippen MR) is 128 cm³/mol. The fourth-order valence-corrected chi connectivity index (χ4v) is 4.64. The highest BCUT2D eigenvalue weighted by molar-refractivity contribution is 7.87. The fourth-order valence-electron chi connectivity index (χ4n) is 3.74. The van der Waals surface area contributed by atoms with Crippen molar-refractivity contribution < 1.29 is 22.1 Å². The minimum Gasteiger partial charge on any atom is -0.493 e. The molecule has 4 rings (SSSR count). The lowest BCUT2D eigenvalue weighted by Gasteiger charge is -2.34. The van der Waals surface area contributed by atoms with Gasteiger partial charge in [-0.05, 0) is 36.8 Å². The van der Waals surface area contributed by atoms with Gasteiger partial charge < -0.3 is 18.6 Å². The number of hydrogen-bond acceptors (Lipinski definition) is 9. The van der Waals surface area contributed by atoms with E-state index < -0.39 is 10.1 Å². The third-order valence-corrected chi connectivity index (χ3v) is 6.90. The maximum atomic E-state index is 12.5. The zero-order valence-corrected chi connectivity index (χ0v) is 20.3. The maximum absolute atomic E-state index is 12.5. The lowest BCUT2D eigenvalue weighted by atomic mass is 10.1. The van der Waals surface area contributed by atoms with Gasteiger partial charge >= 0.3 is 10.1 Å². The number of piperazine rings is 1. The third kappa shape index (κ3) is 5.57. The van der Waals surface area contributed by atoms with Gasteiger partial charge in [0.05, 0.1) is 26.6 Å². The van der Waals surface area contributed by atoms with E-state index in [-0.39, 0.29) is 10.6 Å². The van der Waals surface area contributed by atoms with Crippen LogP contribution in [-0.2, 0) is 16.7 Å². The average Bonchev–Trinajstić information content (AvgIpc) is 2.85. The molecule has 1 aromatic heterocycles. The summed E-state index contributed by atoms with van der Waals surface area (Å²) in [5, 5.41) is 0. The van der Waals surface area contributed by atoms with Crippen molar-refractivity contribution in [1.82, 2.24) is 14.9 Å². The van der Waals surface area contributed by atoms with Crippen LogP contribution in [0.3, 0.4) is 0 Å². The number of ether oxygens (including phenoxy) is 2. The second kappa shape index (κ2) is 10.3. The molecule has 2 heterocycles. The van der Waals surface area contributed by atoms with Crippen LogP contribution in [0.15, 0.2) is 59.8 Å². The molecule has 0 atom stereocenters. The minimum absolute atomic E-state index is 0.0800. The van der Waals surface area contributed by atoms with Gasteiger partial charge in [-0.1, -0.05) is 23.8 Å². The molecule has 0 unspecified atom stereocenters. The first-order valence-corrected chi connectivity index (χ1v) is 12.3. The molecule has 0 radical (unpaired) electrons. The summed E-state index contributed by atoms with van der Waals surface area (Å²) in [6.07, 6.45) is 2.79. The van der Waals surface area contributed by atoms with Gasteiger partial charge in [0.15, 0.2) is 17.2 Å². The van der Waals surface area contributed by atoms with Gasteiger partial charge in [-0.15, -0.1) is 0 Å². The van der Waals surface area contributed by atoms with E-state index in [1.165, 1.54) is 24.5 Å². The summed E-state index contributed by atoms with van der Waals surface area (Å²) in [4.78, 5) is 13.2. The van der Waals surface area contributed by atoms with E-state index in [4.69, 9.17) is 13.7 Å². The topological polar surface area (TPSA) is 94.1 Å². The number of benzene rings is 2. The van der Waals surface area contributed by atoms with E-state index in [0.29, 0.717) is 11.7 Å². The first-order valence-electron chi connectivity index (χ1n) is 10.9. The van der Waals surface area contributed by atoms with E-state index >= 15 is 0 Å². The highest BCUT2D eigenvalue weighted by atomic mass is 32.2. The van der Waals surface area contributed by atoms with Crippen LogP contribution in [-0.4, -0.2) is 63.7 Å². The molecule has 1 aliphatic heterocycles. The minimum atomic E-state index is -3.93. The quantitative estimate of drug-likeness (QED) is 0.447. The molecule has 0 amide bonds. The molecule has 1 fully saturated rings. The third-order valence-electron chi connectivity index (χ3n) is 5.64. The highest BCUT2D eigenvalue weighted by Crippen LogP contribution is 2.28. The van der Waals surface area contributed by atoms with Crippen LogP contribution in [0.5, 0.6) is 17.2 Å². The second-order valence-corrected chi connectivity index (χ2v) is 9.57. The Morgan fingerprint density at radius 3 is 2.15 bits per heavy atom. The Morgan fingerprint density at radius 2 is 1.53 bits per heavy atom. The Morgan fingerprint density at radius 1 is 0.882 bits per heavy atom. The van der Waals surface area contributed by atoms with E-state index in [0.717, 1.165) is 49.6 Å². The van der Waals surface area contributed by atoms with Crippen LogP contribution < -0.4 is 18.6 Å². The number of hydrogen-bond donors (Lipinski definition) is 0. The van der Waals surface area contributed by atoms with Gasteiger partial charge in [-0.3, -0.25) is 4.90 Å². The van der Waals surface area contributed by atoms with Gasteiger partial charge in [0.1, 0.15) is 4.90 Å². The molecule has 2 aromatic carbocycles. The van der Waals surface area contributed by atoms with Gasteiger partial charge in [-0.25, -0.2) is 9.97 Å². The largest absolute Gasteiger partial charge is 0.493 e. The van der Waals surface area contributed by atoms with Crippen molar-refractivity contribution in [2.45, 2.75) is 18.4 Å². The number of aryl methyl sites for hydroxylation is 1. The van der Waals surface area contributed by atoms with Crippen molar-refractivity contribution in [2.24, 2.45) is 0 Å². The van der Waals surface area contributed by atoms with Crippen molar-refractivity contribution in [1.29, 1.82) is 0 Å². The Balaban J connectivity index is 1.33. The Bertz CT molecular complexity index is 1210. The first-order chi connectivity index (χ1) is 16.4. The lowest BCUT2D eigenvalue weighted by Crippen LogP contribution is -2.46. The maximum Gasteiger partial charge on any atom is 0.339 e. The monoisotopic (exact) mass is 484 g/mol. The van der Waals surface area contributed by atoms with Crippen LogP contribution in [0, 0.1) is 6.92 Å². The number of anilines is 1. The van der Waals surface area contributed by atoms with Crippen LogP contribution in [0.1, 0.15) is 11.1 Å². The van der Waals surface area contributed by atoms with Crippen molar-refractivity contribution in [3.05, 3.63) is 66.0 Å². The molecule has 0 N–H and O–H groups in total. The zero-order chi connectivity index (χ0) is 24.1. The Labute approximate surface area is 200 Å². The summed E-state index contributed by atoms with van der Waals surface area (Å²) in [7, 11) is -0.672. The first kappa shape index (κ1) is 23.8. The van der Waals surface area contributed by atoms with Crippen molar-refractivity contribution >= 4 is 16.1 Å². The van der Waals surface area contributed by atoms with Gasteiger partial charge in [0.25, 0.3) is 0 Å². The molecular weight excluding hydrogens is 456 g/mol. The fraction of sp³-hybridized carbons (Fsp3) is 0.333. The summed E-state index contributed by atoms with van der Waals surface area (Å²) >= 11 is 0. The predicted octanol–water partition coefficient (Wildman–Crippen LogP) is 2.89. The number of methoxy groups -OCH3 is 2. The lowest BCUT2D eigenvalue weighted by molar-refractivity contribution is 0.248. The number of rotatable bonds is 8. The summed E-state index contributed by atoms with van der Waals surface area (Å²) in [5.41, 5.74) is 2.12. The summed E-state index contributed by atoms with van der Waals surface area (Å²) in [6, 6.07) is 12.4.